The van der Waals surface area contributed by atoms with Gasteiger partial charge in [0.15, 0.2) is 0 Å². The third-order valence-corrected chi connectivity index (χ3v) is 3.27. The molecule has 0 heterocycles. The van der Waals surface area contributed by atoms with Gasteiger partial charge < -0.3 is 14.8 Å². The second kappa shape index (κ2) is 8.55. The molecule has 0 radical (unpaired) electrons. The summed E-state index contributed by atoms with van der Waals surface area (Å²) in [5, 5.41) is 12.1. The van der Waals surface area contributed by atoms with Crippen LogP contribution >= 0.6 is 0 Å². The Bertz CT molecular complexity index is 820. The summed E-state index contributed by atoms with van der Waals surface area (Å²) in [5.74, 6) is 0.755. The van der Waals surface area contributed by atoms with Crippen LogP contribution in [0.15, 0.2) is 54.1 Å². The molecule has 0 aliphatic carbocycles. The summed E-state index contributed by atoms with van der Waals surface area (Å²) >= 11 is 0. The van der Waals surface area contributed by atoms with Crippen LogP contribution in [0.3, 0.4) is 0 Å². The number of hydrogen-bond donors (Lipinski definition) is 1. The molecule has 2 aromatic rings. The van der Waals surface area contributed by atoms with E-state index in [1.165, 1.54) is 6.08 Å². The van der Waals surface area contributed by atoms with Crippen molar-refractivity contribution in [1.29, 1.82) is 5.26 Å². The maximum atomic E-state index is 12.4. The Balaban J connectivity index is 2.25. The van der Waals surface area contributed by atoms with Gasteiger partial charge in [-0.1, -0.05) is 24.3 Å². The fourth-order valence-corrected chi connectivity index (χ4v) is 2.16. The van der Waals surface area contributed by atoms with Gasteiger partial charge in [-0.05, 0) is 38.1 Å². The van der Waals surface area contributed by atoms with Crippen molar-refractivity contribution in [2.24, 2.45) is 0 Å². The maximum Gasteiger partial charge on any atom is 0.266 e. The Morgan fingerprint density at radius 1 is 1.20 bits per heavy atom. The SMILES string of the molecule is COc1cccc(NC(=O)/C(C#N)=C\c2ccccc2OC(C)C)c1. The highest BCUT2D eigenvalue weighted by molar-refractivity contribution is 6.09. The fraction of sp³-hybridized carbons (Fsp3) is 0.200. The summed E-state index contributed by atoms with van der Waals surface area (Å²) in [6.07, 6.45) is 1.51. The van der Waals surface area contributed by atoms with Gasteiger partial charge in [0.2, 0.25) is 0 Å². The van der Waals surface area contributed by atoms with Crippen LogP contribution in [0.4, 0.5) is 5.69 Å². The summed E-state index contributed by atoms with van der Waals surface area (Å²) in [5.41, 5.74) is 1.22. The van der Waals surface area contributed by atoms with Crippen LogP contribution in [-0.4, -0.2) is 19.1 Å². The molecule has 128 valence electrons. The molecule has 0 spiro atoms. The second-order valence-electron chi connectivity index (χ2n) is 5.56. The normalized spacial score (nSPS) is 10.9. The first-order chi connectivity index (χ1) is 12.0. The molecular weight excluding hydrogens is 316 g/mol. The van der Waals surface area contributed by atoms with E-state index in [2.05, 4.69) is 5.32 Å². The molecular formula is C20H20N2O3. The number of methoxy groups -OCH3 is 1. The number of para-hydroxylation sites is 1. The molecule has 2 rings (SSSR count). The van der Waals surface area contributed by atoms with E-state index in [0.29, 0.717) is 22.7 Å². The number of carbonyl (C=O) groups excluding carboxylic acids is 1. The van der Waals surface area contributed by atoms with Crippen LogP contribution in [0.25, 0.3) is 6.08 Å². The lowest BCUT2D eigenvalue weighted by Gasteiger charge is -2.12. The van der Waals surface area contributed by atoms with Crippen LogP contribution in [0.1, 0.15) is 19.4 Å². The molecule has 1 amide bonds. The largest absolute Gasteiger partial charge is 0.497 e. The Morgan fingerprint density at radius 3 is 2.64 bits per heavy atom. The number of amides is 1. The molecule has 0 fully saturated rings. The van der Waals surface area contributed by atoms with Gasteiger partial charge in [0, 0.05) is 17.3 Å². The number of benzene rings is 2. The highest BCUT2D eigenvalue weighted by Gasteiger charge is 2.12. The standard InChI is InChI=1S/C20H20N2O3/c1-14(2)25-19-10-5-4-7-15(19)11-16(13-21)20(23)22-17-8-6-9-18(12-17)24-3/h4-12,14H,1-3H3,(H,22,23)/b16-11-. The van der Waals surface area contributed by atoms with Crippen molar-refractivity contribution in [3.8, 4) is 17.6 Å². The maximum absolute atomic E-state index is 12.4. The van der Waals surface area contributed by atoms with Crippen LogP contribution < -0.4 is 14.8 Å². The summed E-state index contributed by atoms with van der Waals surface area (Å²) in [7, 11) is 1.55. The summed E-state index contributed by atoms with van der Waals surface area (Å²) in [4.78, 5) is 12.4. The van der Waals surface area contributed by atoms with Crippen molar-refractivity contribution in [2.75, 3.05) is 12.4 Å². The fourth-order valence-electron chi connectivity index (χ4n) is 2.16. The number of carbonyl (C=O) groups is 1. The van der Waals surface area contributed by atoms with Gasteiger partial charge in [0.1, 0.15) is 23.1 Å². The van der Waals surface area contributed by atoms with Crippen LogP contribution in [-0.2, 0) is 4.79 Å². The van der Waals surface area contributed by atoms with E-state index >= 15 is 0 Å². The first kappa shape index (κ1) is 18.1. The minimum Gasteiger partial charge on any atom is -0.497 e. The minimum atomic E-state index is -0.491. The molecule has 25 heavy (non-hydrogen) atoms. The average molecular weight is 336 g/mol. The van der Waals surface area contributed by atoms with E-state index < -0.39 is 5.91 Å². The first-order valence-corrected chi connectivity index (χ1v) is 7.86. The highest BCUT2D eigenvalue weighted by Crippen LogP contribution is 2.23. The molecule has 0 saturated carbocycles. The van der Waals surface area contributed by atoms with E-state index in [1.54, 1.807) is 43.5 Å². The Kier molecular flexibility index (Phi) is 6.19. The molecule has 1 N–H and O–H groups in total. The smallest absolute Gasteiger partial charge is 0.266 e. The minimum absolute atomic E-state index is 0.00861. The van der Waals surface area contributed by atoms with Crippen LogP contribution in [0, 0.1) is 11.3 Å². The van der Waals surface area contributed by atoms with Gasteiger partial charge in [-0.2, -0.15) is 5.26 Å². The monoisotopic (exact) mass is 336 g/mol. The molecule has 2 aromatic carbocycles. The number of anilines is 1. The predicted molar refractivity (Wildman–Crippen MR) is 97.4 cm³/mol. The topological polar surface area (TPSA) is 71.3 Å². The lowest BCUT2D eigenvalue weighted by atomic mass is 10.1. The molecule has 0 saturated heterocycles. The zero-order valence-electron chi connectivity index (χ0n) is 14.4. The van der Waals surface area contributed by atoms with Crippen LogP contribution in [0.5, 0.6) is 11.5 Å². The van der Waals surface area contributed by atoms with E-state index in [-0.39, 0.29) is 11.7 Å². The Hall–Kier alpha value is -3.26. The average Bonchev–Trinajstić information content (AvgIpc) is 2.60. The molecule has 0 atom stereocenters. The quantitative estimate of drug-likeness (QED) is 0.638. The third-order valence-electron chi connectivity index (χ3n) is 3.27. The molecule has 0 aliphatic heterocycles. The summed E-state index contributed by atoms with van der Waals surface area (Å²) in [6, 6.07) is 16.2. The molecule has 5 heteroatoms. The second-order valence-corrected chi connectivity index (χ2v) is 5.56. The molecule has 0 unspecified atom stereocenters. The van der Waals surface area contributed by atoms with Crippen molar-refractivity contribution >= 4 is 17.7 Å². The van der Waals surface area contributed by atoms with Crippen molar-refractivity contribution in [3.63, 3.8) is 0 Å². The van der Waals surface area contributed by atoms with Crippen molar-refractivity contribution in [1.82, 2.24) is 0 Å². The zero-order valence-corrected chi connectivity index (χ0v) is 14.4. The molecule has 5 nitrogen and oxygen atoms in total. The summed E-state index contributed by atoms with van der Waals surface area (Å²) in [6.45, 7) is 3.84. The van der Waals surface area contributed by atoms with Gasteiger partial charge in [-0.25, -0.2) is 0 Å². The highest BCUT2D eigenvalue weighted by atomic mass is 16.5. The lowest BCUT2D eigenvalue weighted by Crippen LogP contribution is -2.13. The van der Waals surface area contributed by atoms with E-state index in [4.69, 9.17) is 9.47 Å². The molecule has 0 aromatic heterocycles. The number of ether oxygens (including phenoxy) is 2. The lowest BCUT2D eigenvalue weighted by molar-refractivity contribution is -0.112. The van der Waals surface area contributed by atoms with Gasteiger partial charge >= 0.3 is 0 Å². The van der Waals surface area contributed by atoms with Crippen molar-refractivity contribution in [2.45, 2.75) is 20.0 Å². The third kappa shape index (κ3) is 5.11. The number of hydrogen-bond acceptors (Lipinski definition) is 4. The molecule has 0 aliphatic rings. The Labute approximate surface area is 147 Å². The van der Waals surface area contributed by atoms with Gasteiger partial charge in [-0.3, -0.25) is 4.79 Å². The summed E-state index contributed by atoms with van der Waals surface area (Å²) < 4.78 is 10.8. The van der Waals surface area contributed by atoms with Crippen LogP contribution in [0.2, 0.25) is 0 Å². The number of nitrogens with zero attached hydrogens (tertiary/aromatic N) is 1. The van der Waals surface area contributed by atoms with Gasteiger partial charge in [0.25, 0.3) is 5.91 Å². The first-order valence-electron chi connectivity index (χ1n) is 7.86. The van der Waals surface area contributed by atoms with Crippen molar-refractivity contribution in [3.05, 3.63) is 59.7 Å². The zero-order chi connectivity index (χ0) is 18.2. The predicted octanol–water partition coefficient (Wildman–Crippen LogP) is 4.03. The van der Waals surface area contributed by atoms with E-state index in [0.717, 1.165) is 0 Å². The van der Waals surface area contributed by atoms with Crippen molar-refractivity contribution < 1.29 is 14.3 Å². The number of nitriles is 1. The van der Waals surface area contributed by atoms with E-state index in [9.17, 15) is 10.1 Å². The Morgan fingerprint density at radius 2 is 1.96 bits per heavy atom. The molecule has 0 bridgehead atoms. The van der Waals surface area contributed by atoms with E-state index in [1.807, 2.05) is 32.0 Å². The van der Waals surface area contributed by atoms with Gasteiger partial charge in [-0.15, -0.1) is 0 Å². The number of rotatable bonds is 6. The van der Waals surface area contributed by atoms with Gasteiger partial charge in [0.05, 0.1) is 13.2 Å². The number of nitrogens with one attached hydrogen (secondary N) is 1.